The summed E-state index contributed by atoms with van der Waals surface area (Å²) in [5.41, 5.74) is -0.0312. The van der Waals surface area contributed by atoms with Gasteiger partial charge < -0.3 is 10.0 Å². The van der Waals surface area contributed by atoms with Gasteiger partial charge in [-0.15, -0.1) is 5.10 Å². The maximum Gasteiger partial charge on any atom is 0.354 e. The van der Waals surface area contributed by atoms with Gasteiger partial charge in [0, 0.05) is 26.6 Å². The monoisotopic (exact) mass is 235 g/mol. The second-order valence-electron chi connectivity index (χ2n) is 3.79. The fourth-order valence-corrected chi connectivity index (χ4v) is 1.47. The van der Waals surface area contributed by atoms with Crippen LogP contribution in [0.3, 0.4) is 0 Å². The van der Waals surface area contributed by atoms with Crippen LogP contribution in [0.4, 0.5) is 5.82 Å². The molecule has 2 aromatic rings. The van der Waals surface area contributed by atoms with Crippen molar-refractivity contribution in [3.8, 4) is 0 Å². The third-order valence-corrected chi connectivity index (χ3v) is 2.33. The summed E-state index contributed by atoms with van der Waals surface area (Å²) < 4.78 is 1.55. The van der Waals surface area contributed by atoms with Gasteiger partial charge in [0.2, 0.25) is 0 Å². The van der Waals surface area contributed by atoms with E-state index in [1.54, 1.807) is 9.42 Å². The molecule has 0 atom stereocenters. The maximum absolute atomic E-state index is 11.0. The Labute approximate surface area is 97.7 Å². The Hall–Kier alpha value is -2.18. The van der Waals surface area contributed by atoms with Gasteiger partial charge in [-0.2, -0.15) is 9.50 Å². The van der Waals surface area contributed by atoms with Crippen LogP contribution in [0.2, 0.25) is 0 Å². The number of carboxylic acids is 1. The molecule has 2 rings (SSSR count). The summed E-state index contributed by atoms with van der Waals surface area (Å²) in [4.78, 5) is 20.8. The molecule has 0 unspecified atom stereocenters. The highest BCUT2D eigenvalue weighted by Gasteiger charge is 2.15. The predicted octanol–water partition coefficient (Wildman–Crippen LogP) is 0.451. The van der Waals surface area contributed by atoms with E-state index in [9.17, 15) is 4.79 Å². The Morgan fingerprint density at radius 1 is 1.47 bits per heavy atom. The molecule has 17 heavy (non-hydrogen) atoms. The van der Waals surface area contributed by atoms with Crippen LogP contribution in [0.15, 0.2) is 6.07 Å². The Morgan fingerprint density at radius 3 is 2.71 bits per heavy atom. The first-order valence-corrected chi connectivity index (χ1v) is 5.20. The highest BCUT2D eigenvalue weighted by Crippen LogP contribution is 2.14. The zero-order valence-electron chi connectivity index (χ0n) is 9.88. The quantitative estimate of drug-likeness (QED) is 0.831. The topological polar surface area (TPSA) is 83.6 Å². The maximum atomic E-state index is 11.0. The van der Waals surface area contributed by atoms with Crippen molar-refractivity contribution in [2.75, 3.05) is 19.0 Å². The molecule has 0 spiro atoms. The number of aryl methyl sites for hydroxylation is 1. The van der Waals surface area contributed by atoms with Gasteiger partial charge in [-0.05, 0) is 0 Å². The van der Waals surface area contributed by atoms with E-state index in [2.05, 4.69) is 15.1 Å². The number of aromatic nitrogens is 4. The van der Waals surface area contributed by atoms with Crippen molar-refractivity contribution >= 4 is 17.6 Å². The first-order chi connectivity index (χ1) is 8.02. The van der Waals surface area contributed by atoms with Crippen molar-refractivity contribution in [3.63, 3.8) is 0 Å². The molecule has 0 radical (unpaired) electrons. The average molecular weight is 235 g/mol. The minimum Gasteiger partial charge on any atom is -0.477 e. The Morgan fingerprint density at radius 2 is 2.18 bits per heavy atom. The number of nitrogens with zero attached hydrogens (tertiary/aromatic N) is 5. The summed E-state index contributed by atoms with van der Waals surface area (Å²) >= 11 is 0. The number of aromatic carboxylic acids is 1. The lowest BCUT2D eigenvalue weighted by Crippen LogP contribution is -2.16. The molecule has 0 aromatic carbocycles. The highest BCUT2D eigenvalue weighted by molar-refractivity contribution is 5.86. The standard InChI is InChI=1S/C10H13N5O2/c1-4-7-12-10-11-6(9(16)17)5-8(14(2)3)15(10)13-7/h5H,4H2,1-3H3,(H,16,17). The highest BCUT2D eigenvalue weighted by atomic mass is 16.4. The van der Waals surface area contributed by atoms with E-state index in [0.717, 1.165) is 0 Å². The number of anilines is 1. The number of carboxylic acid groups (broad SMARTS) is 1. The van der Waals surface area contributed by atoms with Gasteiger partial charge in [0.05, 0.1) is 0 Å². The lowest BCUT2D eigenvalue weighted by molar-refractivity contribution is 0.0690. The minimum absolute atomic E-state index is 0.0312. The Balaban J connectivity index is 2.73. The molecule has 0 amide bonds. The molecule has 90 valence electrons. The van der Waals surface area contributed by atoms with Gasteiger partial charge in [0.1, 0.15) is 5.82 Å². The minimum atomic E-state index is -1.07. The van der Waals surface area contributed by atoms with Gasteiger partial charge in [-0.1, -0.05) is 6.92 Å². The van der Waals surface area contributed by atoms with Gasteiger partial charge >= 0.3 is 5.97 Å². The molecule has 2 aromatic heterocycles. The summed E-state index contributed by atoms with van der Waals surface area (Å²) in [5.74, 6) is 0.518. The van der Waals surface area contributed by atoms with Crippen molar-refractivity contribution in [1.82, 2.24) is 19.6 Å². The van der Waals surface area contributed by atoms with E-state index in [4.69, 9.17) is 5.11 Å². The molecule has 0 aliphatic heterocycles. The van der Waals surface area contributed by atoms with Crippen LogP contribution in [0.1, 0.15) is 23.2 Å². The normalized spacial score (nSPS) is 10.8. The van der Waals surface area contributed by atoms with Crippen LogP contribution in [-0.2, 0) is 6.42 Å². The fraction of sp³-hybridized carbons (Fsp3) is 0.400. The molecule has 0 bridgehead atoms. The second kappa shape index (κ2) is 4.00. The van der Waals surface area contributed by atoms with E-state index in [-0.39, 0.29) is 5.69 Å². The SMILES string of the molecule is CCc1nc2nc(C(=O)O)cc(N(C)C)n2n1. The van der Waals surface area contributed by atoms with Crippen LogP contribution in [0.5, 0.6) is 0 Å². The largest absolute Gasteiger partial charge is 0.477 e. The average Bonchev–Trinajstić information content (AvgIpc) is 2.69. The third kappa shape index (κ3) is 1.91. The molecule has 0 aliphatic carbocycles. The lowest BCUT2D eigenvalue weighted by atomic mass is 10.4. The molecule has 7 heteroatoms. The third-order valence-electron chi connectivity index (χ3n) is 2.33. The van der Waals surface area contributed by atoms with Crippen molar-refractivity contribution in [1.29, 1.82) is 0 Å². The molecule has 1 N–H and O–H groups in total. The first kappa shape index (κ1) is 11.3. The summed E-state index contributed by atoms with van der Waals surface area (Å²) in [6.07, 6.45) is 0.679. The summed E-state index contributed by atoms with van der Waals surface area (Å²) in [6.45, 7) is 1.93. The smallest absolute Gasteiger partial charge is 0.354 e. The van der Waals surface area contributed by atoms with Crippen LogP contribution in [0, 0.1) is 0 Å². The first-order valence-electron chi connectivity index (χ1n) is 5.20. The molecule has 0 aliphatic rings. The fourth-order valence-electron chi connectivity index (χ4n) is 1.47. The van der Waals surface area contributed by atoms with E-state index in [1.807, 2.05) is 21.0 Å². The lowest BCUT2D eigenvalue weighted by Gasteiger charge is -2.13. The van der Waals surface area contributed by atoms with E-state index >= 15 is 0 Å². The van der Waals surface area contributed by atoms with Crippen molar-refractivity contribution in [3.05, 3.63) is 17.6 Å². The van der Waals surface area contributed by atoms with Crippen LogP contribution in [0.25, 0.3) is 5.78 Å². The molecule has 2 heterocycles. The van der Waals surface area contributed by atoms with E-state index in [1.165, 1.54) is 6.07 Å². The van der Waals surface area contributed by atoms with E-state index < -0.39 is 5.97 Å². The molecule has 0 saturated carbocycles. The Bertz CT molecular complexity index is 575. The molecule has 7 nitrogen and oxygen atoms in total. The number of fused-ring (bicyclic) bond motifs is 1. The Kier molecular flexibility index (Phi) is 2.66. The van der Waals surface area contributed by atoms with Crippen molar-refractivity contribution in [2.24, 2.45) is 0 Å². The molecular weight excluding hydrogens is 222 g/mol. The zero-order chi connectivity index (χ0) is 12.6. The van der Waals surface area contributed by atoms with Crippen LogP contribution >= 0.6 is 0 Å². The van der Waals surface area contributed by atoms with Crippen LogP contribution < -0.4 is 4.90 Å². The van der Waals surface area contributed by atoms with Crippen molar-refractivity contribution < 1.29 is 9.90 Å². The summed E-state index contributed by atoms with van der Waals surface area (Å²) in [5, 5.41) is 13.2. The van der Waals surface area contributed by atoms with E-state index in [0.29, 0.717) is 23.8 Å². The van der Waals surface area contributed by atoms with Gasteiger partial charge in [0.25, 0.3) is 5.78 Å². The van der Waals surface area contributed by atoms with Gasteiger partial charge in [-0.25, -0.2) is 9.78 Å². The predicted molar refractivity (Wildman–Crippen MR) is 61.4 cm³/mol. The van der Waals surface area contributed by atoms with Gasteiger partial charge in [-0.3, -0.25) is 0 Å². The molecule has 0 saturated heterocycles. The number of hydrogen-bond donors (Lipinski definition) is 1. The molecule has 0 fully saturated rings. The van der Waals surface area contributed by atoms with Crippen molar-refractivity contribution in [2.45, 2.75) is 13.3 Å². The zero-order valence-corrected chi connectivity index (χ0v) is 9.88. The van der Waals surface area contributed by atoms with Crippen LogP contribution in [-0.4, -0.2) is 44.8 Å². The number of hydrogen-bond acceptors (Lipinski definition) is 5. The summed E-state index contributed by atoms with van der Waals surface area (Å²) in [7, 11) is 3.63. The molecular formula is C10H13N5O2. The number of rotatable bonds is 3. The second-order valence-corrected chi connectivity index (χ2v) is 3.79. The number of carbonyl (C=O) groups is 1. The summed E-state index contributed by atoms with van der Waals surface area (Å²) in [6, 6.07) is 1.48. The van der Waals surface area contributed by atoms with Gasteiger partial charge in [0.15, 0.2) is 11.5 Å².